The highest BCUT2D eigenvalue weighted by molar-refractivity contribution is 7.92. The maximum Gasteiger partial charge on any atom is 0.264 e. The Bertz CT molecular complexity index is 1860. The van der Waals surface area contributed by atoms with Crippen molar-refractivity contribution in [3.8, 4) is 11.5 Å². The van der Waals surface area contributed by atoms with Crippen LogP contribution >= 0.6 is 11.6 Å². The number of sulfonamides is 1. The zero-order valence-electron chi connectivity index (χ0n) is 28.7. The molecule has 5 rings (SSSR count). The van der Waals surface area contributed by atoms with Crippen LogP contribution in [0.5, 0.6) is 11.5 Å². The minimum Gasteiger partial charge on any atom is -0.493 e. The SMILES string of the molecule is COc1ccc(N(CC(=O)N(Cc2ccccc2Cl)[C@@H](Cc2ccccc2)C(=O)NC2CCCCC2)S(=O)(=O)c2ccc(C)cc2)cc1OC. The van der Waals surface area contributed by atoms with Crippen LogP contribution in [0.2, 0.25) is 5.02 Å². The van der Waals surface area contributed by atoms with Crippen molar-refractivity contribution in [2.45, 2.75) is 69.0 Å². The summed E-state index contributed by atoms with van der Waals surface area (Å²) in [7, 11) is -1.35. The molecule has 9 nitrogen and oxygen atoms in total. The van der Waals surface area contributed by atoms with Crippen LogP contribution in [-0.2, 0) is 32.6 Å². The molecule has 0 radical (unpaired) electrons. The van der Waals surface area contributed by atoms with E-state index in [2.05, 4.69) is 5.32 Å². The van der Waals surface area contributed by atoms with Crippen molar-refractivity contribution in [3.63, 3.8) is 0 Å². The third-order valence-electron chi connectivity index (χ3n) is 9.06. The Hall–Kier alpha value is -4.54. The van der Waals surface area contributed by atoms with Crippen molar-refractivity contribution >= 4 is 39.1 Å². The smallest absolute Gasteiger partial charge is 0.264 e. The van der Waals surface area contributed by atoms with Gasteiger partial charge in [0, 0.05) is 30.1 Å². The van der Waals surface area contributed by atoms with Gasteiger partial charge in [0.1, 0.15) is 12.6 Å². The average molecular weight is 718 g/mol. The highest BCUT2D eigenvalue weighted by Gasteiger charge is 2.36. The number of anilines is 1. The summed E-state index contributed by atoms with van der Waals surface area (Å²) >= 11 is 6.63. The fourth-order valence-electron chi connectivity index (χ4n) is 6.25. The molecule has 264 valence electrons. The molecule has 1 atom stereocenters. The summed E-state index contributed by atoms with van der Waals surface area (Å²) in [6.07, 6.45) is 5.12. The van der Waals surface area contributed by atoms with E-state index >= 15 is 0 Å². The van der Waals surface area contributed by atoms with Crippen LogP contribution in [0, 0.1) is 6.92 Å². The molecule has 2 amide bonds. The zero-order valence-corrected chi connectivity index (χ0v) is 30.3. The molecule has 1 N–H and O–H groups in total. The molecule has 4 aromatic rings. The van der Waals surface area contributed by atoms with Crippen LogP contribution in [-0.4, -0.2) is 58.0 Å². The summed E-state index contributed by atoms with van der Waals surface area (Å²) < 4.78 is 40.8. The average Bonchev–Trinajstić information content (AvgIpc) is 3.13. The van der Waals surface area contributed by atoms with Gasteiger partial charge in [-0.1, -0.05) is 97.1 Å². The molecular weight excluding hydrogens is 674 g/mol. The number of hydrogen-bond donors (Lipinski definition) is 1. The highest BCUT2D eigenvalue weighted by Crippen LogP contribution is 2.34. The lowest BCUT2D eigenvalue weighted by atomic mass is 9.94. The van der Waals surface area contributed by atoms with Gasteiger partial charge in [0.15, 0.2) is 11.5 Å². The minimum absolute atomic E-state index is 0.00281. The Morgan fingerprint density at radius 1 is 0.860 bits per heavy atom. The van der Waals surface area contributed by atoms with E-state index in [0.29, 0.717) is 22.1 Å². The van der Waals surface area contributed by atoms with Crippen LogP contribution < -0.4 is 19.1 Å². The van der Waals surface area contributed by atoms with Gasteiger partial charge in [-0.2, -0.15) is 0 Å². The van der Waals surface area contributed by atoms with Crippen molar-refractivity contribution in [2.24, 2.45) is 0 Å². The first-order valence-corrected chi connectivity index (χ1v) is 18.6. The molecule has 1 aliphatic carbocycles. The maximum atomic E-state index is 14.8. The van der Waals surface area contributed by atoms with Crippen molar-refractivity contribution in [2.75, 3.05) is 25.1 Å². The van der Waals surface area contributed by atoms with E-state index < -0.39 is 28.5 Å². The van der Waals surface area contributed by atoms with Gasteiger partial charge in [-0.05, 0) is 61.2 Å². The monoisotopic (exact) mass is 717 g/mol. The van der Waals surface area contributed by atoms with E-state index in [0.717, 1.165) is 47.5 Å². The van der Waals surface area contributed by atoms with Crippen molar-refractivity contribution < 1.29 is 27.5 Å². The van der Waals surface area contributed by atoms with Crippen molar-refractivity contribution in [1.82, 2.24) is 10.2 Å². The second-order valence-electron chi connectivity index (χ2n) is 12.5. The number of rotatable bonds is 14. The van der Waals surface area contributed by atoms with E-state index in [1.165, 1.54) is 37.3 Å². The summed E-state index contributed by atoms with van der Waals surface area (Å²) in [5.74, 6) is -0.170. The topological polar surface area (TPSA) is 105 Å². The second-order valence-corrected chi connectivity index (χ2v) is 14.8. The molecule has 50 heavy (non-hydrogen) atoms. The molecule has 11 heteroatoms. The lowest BCUT2D eigenvalue weighted by Gasteiger charge is -2.35. The molecule has 4 aromatic carbocycles. The summed E-state index contributed by atoms with van der Waals surface area (Å²) in [5.41, 5.74) is 2.57. The van der Waals surface area contributed by atoms with Gasteiger partial charge in [0.05, 0.1) is 24.8 Å². The lowest BCUT2D eigenvalue weighted by molar-refractivity contribution is -0.140. The van der Waals surface area contributed by atoms with Crippen LogP contribution in [0.25, 0.3) is 0 Å². The molecule has 0 aliphatic heterocycles. The van der Waals surface area contributed by atoms with E-state index in [1.807, 2.05) is 43.3 Å². The molecular formula is C39H44ClN3O6S. The van der Waals surface area contributed by atoms with Gasteiger partial charge in [-0.15, -0.1) is 0 Å². The Labute approximate surface area is 300 Å². The predicted molar refractivity (Wildman–Crippen MR) is 196 cm³/mol. The van der Waals surface area contributed by atoms with Gasteiger partial charge >= 0.3 is 0 Å². The highest BCUT2D eigenvalue weighted by atomic mass is 35.5. The fourth-order valence-corrected chi connectivity index (χ4v) is 7.86. The number of nitrogens with zero attached hydrogens (tertiary/aromatic N) is 2. The fraction of sp³-hybridized carbons (Fsp3) is 0.333. The number of ether oxygens (including phenoxy) is 2. The van der Waals surface area contributed by atoms with Crippen molar-refractivity contribution in [3.05, 3.63) is 119 Å². The molecule has 0 bridgehead atoms. The first kappa shape index (κ1) is 36.7. The number of nitrogens with one attached hydrogen (secondary N) is 1. The normalized spacial score (nSPS) is 14.0. The lowest BCUT2D eigenvalue weighted by Crippen LogP contribution is -2.55. The molecule has 0 spiro atoms. The Morgan fingerprint density at radius 2 is 1.52 bits per heavy atom. The van der Waals surface area contributed by atoms with Gasteiger partial charge in [-0.25, -0.2) is 8.42 Å². The number of aryl methyl sites for hydroxylation is 1. The maximum absolute atomic E-state index is 14.8. The first-order chi connectivity index (χ1) is 24.1. The molecule has 0 saturated heterocycles. The number of carbonyl (C=O) groups excluding carboxylic acids is 2. The zero-order chi connectivity index (χ0) is 35.7. The van der Waals surface area contributed by atoms with Crippen molar-refractivity contribution in [1.29, 1.82) is 0 Å². The van der Waals surface area contributed by atoms with Crippen LogP contribution in [0.15, 0.2) is 102 Å². The number of hydrogen-bond acceptors (Lipinski definition) is 6. The largest absolute Gasteiger partial charge is 0.493 e. The van der Waals surface area contributed by atoms with E-state index in [9.17, 15) is 18.0 Å². The van der Waals surface area contributed by atoms with E-state index in [1.54, 1.807) is 42.5 Å². The van der Waals surface area contributed by atoms with E-state index in [4.69, 9.17) is 21.1 Å². The molecule has 1 fully saturated rings. The third-order valence-corrected chi connectivity index (χ3v) is 11.2. The summed E-state index contributed by atoms with van der Waals surface area (Å²) in [4.78, 5) is 30.6. The third kappa shape index (κ3) is 8.97. The number of benzene rings is 4. The van der Waals surface area contributed by atoms with Gasteiger partial charge in [-0.3, -0.25) is 13.9 Å². The predicted octanol–water partition coefficient (Wildman–Crippen LogP) is 6.95. The van der Waals surface area contributed by atoms with Crippen LogP contribution in [0.1, 0.15) is 48.8 Å². The molecule has 0 heterocycles. The number of amides is 2. The molecule has 0 unspecified atom stereocenters. The van der Waals surface area contributed by atoms with Gasteiger partial charge < -0.3 is 19.7 Å². The minimum atomic E-state index is -4.29. The standard InChI is InChI=1S/C39H44ClN3O6S/c1-28-18-21-33(22-19-28)50(46,47)43(32-20-23-36(48-2)37(25-32)49-3)27-38(44)42(26-30-14-10-11-17-34(30)40)35(24-29-12-6-4-7-13-29)39(45)41-31-15-8-5-9-16-31/h4,6-7,10-14,17-23,25,31,35H,5,8-9,15-16,24,26-27H2,1-3H3,(H,41,45)/t35-/m0/s1. The molecule has 1 saturated carbocycles. The quantitative estimate of drug-likeness (QED) is 0.151. The summed E-state index contributed by atoms with van der Waals surface area (Å²) in [6.45, 7) is 1.25. The number of carbonyl (C=O) groups is 2. The Balaban J connectivity index is 1.60. The number of halogens is 1. The van der Waals surface area contributed by atoms with E-state index in [-0.39, 0.29) is 35.5 Å². The number of methoxy groups -OCH3 is 2. The van der Waals surface area contributed by atoms with Gasteiger partial charge in [0.2, 0.25) is 11.8 Å². The Kier molecular flexibility index (Phi) is 12.4. The van der Waals surface area contributed by atoms with Crippen LogP contribution in [0.4, 0.5) is 5.69 Å². The summed E-state index contributed by atoms with van der Waals surface area (Å²) in [6, 6.07) is 26.8. The second kappa shape index (κ2) is 16.9. The summed E-state index contributed by atoms with van der Waals surface area (Å²) in [5, 5.41) is 3.65. The Morgan fingerprint density at radius 3 is 2.18 bits per heavy atom. The first-order valence-electron chi connectivity index (χ1n) is 16.8. The molecule has 1 aliphatic rings. The molecule has 0 aromatic heterocycles. The van der Waals surface area contributed by atoms with Crippen LogP contribution in [0.3, 0.4) is 0 Å². The van der Waals surface area contributed by atoms with Gasteiger partial charge in [0.25, 0.3) is 10.0 Å².